The number of carbonyl (C=O) groups is 3. The molecule has 0 heterocycles. The second-order valence-electron chi connectivity index (χ2n) is 4.94. The summed E-state index contributed by atoms with van der Waals surface area (Å²) in [5, 5.41) is 8.37. The van der Waals surface area contributed by atoms with Gasteiger partial charge in [-0.1, -0.05) is 6.58 Å². The zero-order chi connectivity index (χ0) is 20.2. The van der Waals surface area contributed by atoms with Crippen molar-refractivity contribution < 1.29 is 47.9 Å². The molecule has 0 aliphatic rings. The van der Waals surface area contributed by atoms with Gasteiger partial charge in [0, 0.05) is 6.42 Å². The van der Waals surface area contributed by atoms with Crippen LogP contribution < -0.4 is 0 Å². The first kappa shape index (κ1) is 25.0. The number of carboxylic acid groups (broad SMARTS) is 1. The number of hydrogen-bond acceptors (Lipinski definition) is 9. The quantitative estimate of drug-likeness (QED) is 0.133. The maximum Gasteiger partial charge on any atom is 0.372 e. The number of ketones is 1. The lowest BCUT2D eigenvalue weighted by molar-refractivity contribution is -0.151. The van der Waals surface area contributed by atoms with Gasteiger partial charge in [-0.05, 0) is 0 Å². The molecule has 1 N–H and O–H groups in total. The third-order valence-electron chi connectivity index (χ3n) is 2.86. The van der Waals surface area contributed by atoms with Crippen molar-refractivity contribution in [3.63, 3.8) is 0 Å². The molecule has 0 fully saturated rings. The summed E-state index contributed by atoms with van der Waals surface area (Å²) < 4.78 is 30.7. The highest BCUT2D eigenvalue weighted by molar-refractivity contribution is 6.32. The van der Waals surface area contributed by atoms with Crippen LogP contribution in [0.4, 0.5) is 0 Å². The summed E-state index contributed by atoms with van der Waals surface area (Å²) in [6.45, 7) is 7.11. The van der Waals surface area contributed by atoms with E-state index in [-0.39, 0.29) is 26.1 Å². The summed E-state index contributed by atoms with van der Waals surface area (Å²) in [5.74, 6) is -3.21. The van der Waals surface area contributed by atoms with E-state index >= 15 is 0 Å². The van der Waals surface area contributed by atoms with Gasteiger partial charge in [0.25, 0.3) is 0 Å². The van der Waals surface area contributed by atoms with Gasteiger partial charge in [-0.2, -0.15) is 0 Å². The summed E-state index contributed by atoms with van der Waals surface area (Å²) in [6, 6.07) is 0. The molecule has 10 nitrogen and oxygen atoms in total. The van der Waals surface area contributed by atoms with Crippen molar-refractivity contribution in [3.05, 3.63) is 12.8 Å². The molecule has 0 rings (SSSR count). The van der Waals surface area contributed by atoms with Gasteiger partial charge in [-0.25, -0.2) is 4.79 Å². The minimum atomic E-state index is -1.56. The zero-order valence-electron chi connectivity index (χ0n) is 15.4. The van der Waals surface area contributed by atoms with Crippen molar-refractivity contribution >= 4 is 17.7 Å². The Balaban J connectivity index is 3.20. The van der Waals surface area contributed by atoms with E-state index in [9.17, 15) is 14.4 Å². The Bertz CT molecular complexity index is 424. The Kier molecular flexibility index (Phi) is 17.4. The second kappa shape index (κ2) is 18.8. The molecule has 0 atom stereocenters. The fourth-order valence-corrected chi connectivity index (χ4v) is 1.56. The summed E-state index contributed by atoms with van der Waals surface area (Å²) in [6.07, 6.45) is 0.727. The van der Waals surface area contributed by atoms with Gasteiger partial charge < -0.3 is 33.5 Å². The number of aliphatic carboxylic acids is 1. The predicted octanol–water partition coefficient (Wildman–Crippen LogP) is 0.190. The average Bonchev–Trinajstić information content (AvgIpc) is 2.65. The predicted molar refractivity (Wildman–Crippen MR) is 92.3 cm³/mol. The molecule has 0 aliphatic carbocycles. The number of ether oxygens (including phenoxy) is 6. The van der Waals surface area contributed by atoms with Crippen molar-refractivity contribution in [2.24, 2.45) is 0 Å². The smallest absolute Gasteiger partial charge is 0.372 e. The van der Waals surface area contributed by atoms with Gasteiger partial charge in [0.1, 0.15) is 13.2 Å². The first-order valence-corrected chi connectivity index (χ1v) is 8.53. The highest BCUT2D eigenvalue weighted by Crippen LogP contribution is 1.95. The highest BCUT2D eigenvalue weighted by atomic mass is 16.6. The lowest BCUT2D eigenvalue weighted by Crippen LogP contribution is -2.17. The first-order valence-electron chi connectivity index (χ1n) is 8.53. The third-order valence-corrected chi connectivity index (χ3v) is 2.86. The van der Waals surface area contributed by atoms with Gasteiger partial charge >= 0.3 is 11.9 Å². The fourth-order valence-electron chi connectivity index (χ4n) is 1.56. The zero-order valence-corrected chi connectivity index (χ0v) is 15.4. The molecule has 10 heteroatoms. The molecule has 0 aliphatic heterocycles. The van der Waals surface area contributed by atoms with Crippen LogP contribution in [0.5, 0.6) is 0 Å². The topological polar surface area (TPSA) is 127 Å². The normalized spacial score (nSPS) is 10.4. The Morgan fingerprint density at radius 3 is 1.59 bits per heavy atom. The standard InChI is InChI=1S/C17H28O10/c1-2-22-5-6-23-7-8-24-9-10-25-11-12-26-13-14-27-16(19)4-3-15(18)17(20)21/h2H,1,3-14H2,(H,20,21). The fraction of sp³-hybridized carbons (Fsp3) is 0.706. The average molecular weight is 392 g/mol. The van der Waals surface area contributed by atoms with E-state index in [1.54, 1.807) is 0 Å². The van der Waals surface area contributed by atoms with Gasteiger partial charge in [-0.3, -0.25) is 9.59 Å². The van der Waals surface area contributed by atoms with Gasteiger partial charge in [0.2, 0.25) is 5.78 Å². The number of Topliss-reactive ketones (excluding diaryl/α,β-unsaturated/α-hetero) is 1. The molecule has 0 bridgehead atoms. The van der Waals surface area contributed by atoms with E-state index in [0.717, 1.165) is 0 Å². The Morgan fingerprint density at radius 1 is 0.704 bits per heavy atom. The molecule has 0 aromatic heterocycles. The molecular weight excluding hydrogens is 364 g/mol. The van der Waals surface area contributed by atoms with Crippen LogP contribution in [0.1, 0.15) is 12.8 Å². The molecule has 27 heavy (non-hydrogen) atoms. The van der Waals surface area contributed by atoms with Crippen LogP contribution in [0, 0.1) is 0 Å². The highest BCUT2D eigenvalue weighted by Gasteiger charge is 2.14. The molecular formula is C17H28O10. The molecule has 156 valence electrons. The summed E-state index contributed by atoms with van der Waals surface area (Å²) in [4.78, 5) is 32.3. The molecule has 0 amide bonds. The lowest BCUT2D eigenvalue weighted by atomic mass is 10.2. The molecule has 0 saturated heterocycles. The molecule has 0 saturated carbocycles. The monoisotopic (exact) mass is 392 g/mol. The molecule has 0 aromatic carbocycles. The van der Waals surface area contributed by atoms with E-state index in [4.69, 9.17) is 33.5 Å². The number of esters is 1. The van der Waals surface area contributed by atoms with Crippen LogP contribution >= 0.6 is 0 Å². The van der Waals surface area contributed by atoms with E-state index in [1.165, 1.54) is 6.26 Å². The largest absolute Gasteiger partial charge is 0.499 e. The minimum absolute atomic E-state index is 0.0288. The molecule has 0 spiro atoms. The molecule has 0 aromatic rings. The number of carbonyl (C=O) groups excluding carboxylic acids is 2. The van der Waals surface area contributed by atoms with Gasteiger partial charge in [0.15, 0.2) is 0 Å². The third kappa shape index (κ3) is 18.6. The van der Waals surface area contributed by atoms with Crippen molar-refractivity contribution in [1.29, 1.82) is 0 Å². The number of carboxylic acids is 1. The summed E-state index contributed by atoms with van der Waals surface area (Å²) in [5.41, 5.74) is 0. The Morgan fingerprint density at radius 2 is 1.15 bits per heavy atom. The summed E-state index contributed by atoms with van der Waals surface area (Å²) >= 11 is 0. The Labute approximate surface area is 158 Å². The molecule has 0 radical (unpaired) electrons. The lowest BCUT2D eigenvalue weighted by Gasteiger charge is -2.08. The van der Waals surface area contributed by atoms with Crippen LogP contribution in [0.15, 0.2) is 12.8 Å². The second-order valence-corrected chi connectivity index (χ2v) is 4.94. The van der Waals surface area contributed by atoms with Crippen LogP contribution in [0.3, 0.4) is 0 Å². The summed E-state index contributed by atoms with van der Waals surface area (Å²) in [7, 11) is 0. The van der Waals surface area contributed by atoms with Crippen molar-refractivity contribution in [1.82, 2.24) is 0 Å². The minimum Gasteiger partial charge on any atom is -0.499 e. The van der Waals surface area contributed by atoms with Crippen molar-refractivity contribution in [2.75, 3.05) is 66.1 Å². The first-order chi connectivity index (χ1) is 13.1. The van der Waals surface area contributed by atoms with E-state index < -0.39 is 17.7 Å². The van der Waals surface area contributed by atoms with Crippen LogP contribution in [0.25, 0.3) is 0 Å². The van der Waals surface area contributed by atoms with Crippen molar-refractivity contribution in [2.45, 2.75) is 12.8 Å². The van der Waals surface area contributed by atoms with Crippen LogP contribution in [-0.2, 0) is 42.8 Å². The van der Waals surface area contributed by atoms with Crippen molar-refractivity contribution in [3.8, 4) is 0 Å². The van der Waals surface area contributed by atoms with E-state index in [1.807, 2.05) is 0 Å². The van der Waals surface area contributed by atoms with Gasteiger partial charge in [-0.15, -0.1) is 0 Å². The Hall–Kier alpha value is -2.01. The maximum atomic E-state index is 11.2. The maximum absolute atomic E-state index is 11.2. The van der Waals surface area contributed by atoms with Crippen LogP contribution in [0.2, 0.25) is 0 Å². The van der Waals surface area contributed by atoms with Crippen LogP contribution in [-0.4, -0.2) is 88.9 Å². The molecule has 0 unspecified atom stereocenters. The van der Waals surface area contributed by atoms with E-state index in [2.05, 4.69) is 6.58 Å². The number of hydrogen-bond donors (Lipinski definition) is 1. The van der Waals surface area contributed by atoms with Gasteiger partial charge in [0.05, 0.1) is 65.5 Å². The number of rotatable bonds is 20. The SMILES string of the molecule is C=COCCOCCOCCOCCOCCOC(=O)CCC(=O)C(=O)O. The van der Waals surface area contributed by atoms with E-state index in [0.29, 0.717) is 52.9 Å².